The van der Waals surface area contributed by atoms with Crippen molar-refractivity contribution in [1.29, 1.82) is 0 Å². The van der Waals surface area contributed by atoms with E-state index in [0.29, 0.717) is 19.3 Å². The van der Waals surface area contributed by atoms with Gasteiger partial charge in [0.25, 0.3) is 11.8 Å². The van der Waals surface area contributed by atoms with E-state index in [1.807, 2.05) is 5.32 Å². The molecule has 0 aromatic heterocycles. The van der Waals surface area contributed by atoms with Gasteiger partial charge in [-0.25, -0.2) is 0 Å². The largest absolute Gasteiger partial charge is 0.344 e. The zero-order valence-corrected chi connectivity index (χ0v) is 12.3. The molecule has 1 aliphatic heterocycles. The van der Waals surface area contributed by atoms with Crippen molar-refractivity contribution in [2.75, 3.05) is 6.54 Å². The van der Waals surface area contributed by atoms with Crippen LogP contribution in [0.4, 0.5) is 0 Å². The number of rotatable bonds is 9. The van der Waals surface area contributed by atoms with E-state index >= 15 is 0 Å². The predicted molar refractivity (Wildman–Crippen MR) is 76.1 cm³/mol. The molecule has 8 nitrogen and oxygen atoms in total. The van der Waals surface area contributed by atoms with E-state index in [1.165, 1.54) is 12.2 Å². The molecule has 1 heterocycles. The third-order valence-corrected chi connectivity index (χ3v) is 3.20. The molecule has 2 N–H and O–H groups in total. The summed E-state index contributed by atoms with van der Waals surface area (Å²) in [6, 6.07) is -0.805. The maximum Gasteiger partial charge on any atom is 0.253 e. The van der Waals surface area contributed by atoms with Gasteiger partial charge < -0.3 is 5.32 Å². The van der Waals surface area contributed by atoms with Gasteiger partial charge in [-0.05, 0) is 19.3 Å². The highest BCUT2D eigenvalue weighted by molar-refractivity contribution is 6.12. The number of carbonyl (C=O) groups excluding carboxylic acids is 5. The maximum absolute atomic E-state index is 11.7. The lowest BCUT2D eigenvalue weighted by atomic mass is 10.1. The normalized spacial score (nSPS) is 14.9. The molecule has 0 radical (unpaired) electrons. The van der Waals surface area contributed by atoms with Crippen LogP contribution in [0.1, 0.15) is 32.6 Å². The molecular weight excluding hydrogens is 290 g/mol. The van der Waals surface area contributed by atoms with Gasteiger partial charge in [0.2, 0.25) is 18.2 Å². The summed E-state index contributed by atoms with van der Waals surface area (Å²) in [7, 11) is 0. The van der Waals surface area contributed by atoms with Gasteiger partial charge in [0.15, 0.2) is 0 Å². The van der Waals surface area contributed by atoms with Gasteiger partial charge in [-0.3, -0.25) is 34.2 Å². The quantitative estimate of drug-likeness (QED) is 0.330. The first-order valence-corrected chi connectivity index (χ1v) is 7.06. The van der Waals surface area contributed by atoms with E-state index in [2.05, 4.69) is 5.32 Å². The van der Waals surface area contributed by atoms with Crippen LogP contribution >= 0.6 is 0 Å². The van der Waals surface area contributed by atoms with E-state index in [-0.39, 0.29) is 37.1 Å². The van der Waals surface area contributed by atoms with Crippen LogP contribution in [0, 0.1) is 0 Å². The summed E-state index contributed by atoms with van der Waals surface area (Å²) in [6.45, 7) is 1.91. The molecule has 0 bridgehead atoms. The molecule has 0 aliphatic carbocycles. The Kier molecular flexibility index (Phi) is 6.94. The first-order valence-electron chi connectivity index (χ1n) is 7.06. The Morgan fingerprint density at radius 3 is 2.41 bits per heavy atom. The molecule has 0 saturated carbocycles. The minimum atomic E-state index is -0.805. The van der Waals surface area contributed by atoms with E-state index < -0.39 is 11.9 Å². The number of hydrogen-bond acceptors (Lipinski definition) is 5. The summed E-state index contributed by atoms with van der Waals surface area (Å²) in [4.78, 5) is 57.2. The monoisotopic (exact) mass is 309 g/mol. The average molecular weight is 309 g/mol. The summed E-state index contributed by atoms with van der Waals surface area (Å²) < 4.78 is 0. The van der Waals surface area contributed by atoms with Crippen LogP contribution in [0.15, 0.2) is 12.2 Å². The van der Waals surface area contributed by atoms with Gasteiger partial charge in [-0.15, -0.1) is 0 Å². The van der Waals surface area contributed by atoms with Crippen LogP contribution in [0.3, 0.4) is 0 Å². The second-order valence-corrected chi connectivity index (χ2v) is 4.76. The Labute approximate surface area is 127 Å². The van der Waals surface area contributed by atoms with Crippen LogP contribution in [0.25, 0.3) is 0 Å². The van der Waals surface area contributed by atoms with Crippen molar-refractivity contribution in [2.45, 2.75) is 38.6 Å². The molecule has 1 rings (SSSR count). The second-order valence-electron chi connectivity index (χ2n) is 4.76. The van der Waals surface area contributed by atoms with Gasteiger partial charge in [-0.2, -0.15) is 0 Å². The van der Waals surface area contributed by atoms with Crippen molar-refractivity contribution in [2.24, 2.45) is 0 Å². The van der Waals surface area contributed by atoms with Crippen molar-refractivity contribution in [3.8, 4) is 0 Å². The zero-order valence-electron chi connectivity index (χ0n) is 12.3. The lowest BCUT2D eigenvalue weighted by Gasteiger charge is -2.17. The second kappa shape index (κ2) is 8.71. The fourth-order valence-corrected chi connectivity index (χ4v) is 1.99. The molecule has 120 valence electrons. The summed E-state index contributed by atoms with van der Waals surface area (Å²) in [5.74, 6) is -1.56. The van der Waals surface area contributed by atoms with Gasteiger partial charge in [-0.1, -0.05) is 6.92 Å². The highest BCUT2D eigenvalue weighted by atomic mass is 16.2. The van der Waals surface area contributed by atoms with E-state index in [1.54, 1.807) is 6.92 Å². The van der Waals surface area contributed by atoms with Crippen LogP contribution in [-0.4, -0.2) is 47.5 Å². The van der Waals surface area contributed by atoms with Crippen LogP contribution in [0.5, 0.6) is 0 Å². The summed E-state index contributed by atoms with van der Waals surface area (Å²) in [6.07, 6.45) is 4.25. The lowest BCUT2D eigenvalue weighted by molar-refractivity contribution is -0.137. The van der Waals surface area contributed by atoms with Crippen LogP contribution in [0.2, 0.25) is 0 Å². The molecule has 1 aliphatic rings. The average Bonchev–Trinajstić information content (AvgIpc) is 2.81. The van der Waals surface area contributed by atoms with Crippen LogP contribution < -0.4 is 10.6 Å². The minimum absolute atomic E-state index is 0.229. The number of imide groups is 2. The Morgan fingerprint density at radius 1 is 1.23 bits per heavy atom. The number of unbranched alkanes of at least 4 members (excludes halogenated alkanes) is 1. The first-order chi connectivity index (χ1) is 10.5. The summed E-state index contributed by atoms with van der Waals surface area (Å²) in [5.41, 5.74) is 0. The molecule has 0 aromatic rings. The van der Waals surface area contributed by atoms with E-state index in [9.17, 15) is 24.0 Å². The fourth-order valence-electron chi connectivity index (χ4n) is 1.99. The smallest absolute Gasteiger partial charge is 0.253 e. The Hall–Kier alpha value is -2.51. The van der Waals surface area contributed by atoms with Gasteiger partial charge in [0, 0.05) is 25.1 Å². The third kappa shape index (κ3) is 5.12. The highest BCUT2D eigenvalue weighted by Gasteiger charge is 2.23. The van der Waals surface area contributed by atoms with E-state index in [0.717, 1.165) is 4.90 Å². The van der Waals surface area contributed by atoms with Gasteiger partial charge >= 0.3 is 0 Å². The van der Waals surface area contributed by atoms with Gasteiger partial charge in [0.05, 0.1) is 0 Å². The maximum atomic E-state index is 11.7. The fraction of sp³-hybridized carbons (Fsp3) is 0.500. The molecule has 0 aromatic carbocycles. The number of carbonyl (C=O) groups is 5. The molecular formula is C14H19N3O5. The summed E-state index contributed by atoms with van der Waals surface area (Å²) in [5, 5.41) is 4.54. The molecule has 8 heteroatoms. The Balaban J connectivity index is 2.41. The molecule has 0 fully saturated rings. The molecule has 5 amide bonds. The zero-order chi connectivity index (χ0) is 16.5. The molecule has 22 heavy (non-hydrogen) atoms. The van der Waals surface area contributed by atoms with Gasteiger partial charge in [0.1, 0.15) is 6.04 Å². The predicted octanol–water partition coefficient (Wildman–Crippen LogP) is -0.751. The number of hydrogen-bond donors (Lipinski definition) is 2. The molecule has 1 unspecified atom stereocenters. The molecule has 0 spiro atoms. The molecule has 1 atom stereocenters. The third-order valence-electron chi connectivity index (χ3n) is 3.20. The standard InChI is InChI=1S/C14H19N3O5/c1-2-11(19)16-10(14(22)15-9-18)5-3-4-8-17-12(20)6-7-13(17)21/h6-7,9-10H,2-5,8H2,1H3,(H,16,19)(H,15,18,22). The topological polar surface area (TPSA) is 113 Å². The van der Waals surface area contributed by atoms with Crippen molar-refractivity contribution in [1.82, 2.24) is 15.5 Å². The SMILES string of the molecule is CCC(=O)NC(CCCCN1C(=O)C=CC1=O)C(=O)NC=O. The number of nitrogens with zero attached hydrogens (tertiary/aromatic N) is 1. The Bertz CT molecular complexity index is 483. The number of nitrogens with one attached hydrogen (secondary N) is 2. The van der Waals surface area contributed by atoms with Crippen LogP contribution in [-0.2, 0) is 24.0 Å². The van der Waals surface area contributed by atoms with Crippen molar-refractivity contribution >= 4 is 30.0 Å². The summed E-state index contributed by atoms with van der Waals surface area (Å²) >= 11 is 0. The highest BCUT2D eigenvalue weighted by Crippen LogP contribution is 2.08. The van der Waals surface area contributed by atoms with E-state index in [4.69, 9.17) is 0 Å². The first kappa shape index (κ1) is 17.5. The van der Waals surface area contributed by atoms with Crippen molar-refractivity contribution in [3.63, 3.8) is 0 Å². The Morgan fingerprint density at radius 2 is 1.86 bits per heavy atom. The lowest BCUT2D eigenvalue weighted by Crippen LogP contribution is -2.46. The number of amides is 5. The minimum Gasteiger partial charge on any atom is -0.344 e. The van der Waals surface area contributed by atoms with Crippen molar-refractivity contribution in [3.05, 3.63) is 12.2 Å². The van der Waals surface area contributed by atoms with Crippen molar-refractivity contribution < 1.29 is 24.0 Å². The molecule has 0 saturated heterocycles.